The first kappa shape index (κ1) is 19.8. The van der Waals surface area contributed by atoms with Gasteiger partial charge in [-0.2, -0.15) is 5.10 Å². The molecule has 2 aromatic rings. The molecule has 0 saturated carbocycles. The summed E-state index contributed by atoms with van der Waals surface area (Å²) in [5.41, 5.74) is 4.77. The molecule has 0 radical (unpaired) electrons. The fraction of sp³-hybridized carbons (Fsp3) is 0.500. The Balaban J connectivity index is 2.01. The average molecular weight is 358 g/mol. The summed E-state index contributed by atoms with van der Waals surface area (Å²) >= 11 is 0. The molecule has 0 aliphatic carbocycles. The van der Waals surface area contributed by atoms with E-state index in [1.165, 1.54) is 11.3 Å². The van der Waals surface area contributed by atoms with Gasteiger partial charge in [-0.25, -0.2) is 4.99 Å². The van der Waals surface area contributed by atoms with Crippen molar-refractivity contribution in [1.82, 2.24) is 20.4 Å². The van der Waals surface area contributed by atoms with Gasteiger partial charge in [0.05, 0.1) is 19.3 Å². The van der Waals surface area contributed by atoms with Crippen LogP contribution in [0.5, 0.6) is 5.75 Å². The number of aliphatic imine (C=N–C) groups is 1. The molecule has 6 heteroatoms. The van der Waals surface area contributed by atoms with Crippen LogP contribution in [0.2, 0.25) is 0 Å². The van der Waals surface area contributed by atoms with Gasteiger partial charge >= 0.3 is 0 Å². The molecule has 1 heterocycles. The zero-order valence-corrected chi connectivity index (χ0v) is 16.8. The second kappa shape index (κ2) is 9.27. The standard InChI is InChI=1S/C20H31N5O/c1-7-21-20(22-13-17-8-10-18(26-6)11-9-17)23-14(2)12-19-15(3)24-25(5)16(19)4/h8-11,14H,7,12-13H2,1-6H3,(H2,21,22,23). The van der Waals surface area contributed by atoms with E-state index in [-0.39, 0.29) is 6.04 Å². The molecule has 0 aliphatic heterocycles. The number of rotatable bonds is 7. The topological polar surface area (TPSA) is 63.5 Å². The second-order valence-electron chi connectivity index (χ2n) is 6.57. The van der Waals surface area contributed by atoms with E-state index >= 15 is 0 Å². The van der Waals surface area contributed by atoms with E-state index in [2.05, 4.69) is 43.4 Å². The van der Waals surface area contributed by atoms with E-state index in [1.54, 1.807) is 7.11 Å². The molecule has 0 aliphatic rings. The summed E-state index contributed by atoms with van der Waals surface area (Å²) in [6, 6.07) is 8.25. The van der Waals surface area contributed by atoms with E-state index in [0.717, 1.165) is 35.9 Å². The minimum atomic E-state index is 0.255. The lowest BCUT2D eigenvalue weighted by molar-refractivity contribution is 0.414. The largest absolute Gasteiger partial charge is 0.497 e. The monoisotopic (exact) mass is 357 g/mol. The molecule has 2 N–H and O–H groups in total. The lowest BCUT2D eigenvalue weighted by Gasteiger charge is -2.18. The maximum atomic E-state index is 5.20. The van der Waals surface area contributed by atoms with Gasteiger partial charge in [-0.1, -0.05) is 12.1 Å². The summed E-state index contributed by atoms with van der Waals surface area (Å²) in [6.07, 6.45) is 0.915. The number of hydrogen-bond acceptors (Lipinski definition) is 3. The van der Waals surface area contributed by atoms with E-state index < -0.39 is 0 Å². The van der Waals surface area contributed by atoms with Gasteiger partial charge in [0.1, 0.15) is 5.75 Å². The molecule has 142 valence electrons. The summed E-state index contributed by atoms with van der Waals surface area (Å²) in [6.45, 7) is 9.88. The molecule has 6 nitrogen and oxygen atoms in total. The molecule has 2 rings (SSSR count). The van der Waals surface area contributed by atoms with Gasteiger partial charge < -0.3 is 15.4 Å². The van der Waals surface area contributed by atoms with Crippen LogP contribution in [0, 0.1) is 13.8 Å². The molecule has 0 saturated heterocycles. The first-order valence-electron chi connectivity index (χ1n) is 9.11. The lowest BCUT2D eigenvalue weighted by atomic mass is 10.1. The van der Waals surface area contributed by atoms with Crippen LogP contribution in [-0.4, -0.2) is 35.4 Å². The maximum absolute atomic E-state index is 5.20. The average Bonchev–Trinajstić information content (AvgIpc) is 2.86. The van der Waals surface area contributed by atoms with Crippen LogP contribution in [-0.2, 0) is 20.0 Å². The van der Waals surface area contributed by atoms with E-state index in [1.807, 2.05) is 36.0 Å². The number of nitrogens with one attached hydrogen (secondary N) is 2. The molecule has 26 heavy (non-hydrogen) atoms. The van der Waals surface area contributed by atoms with Gasteiger partial charge in [-0.15, -0.1) is 0 Å². The molecule has 0 spiro atoms. The minimum absolute atomic E-state index is 0.255. The summed E-state index contributed by atoms with van der Waals surface area (Å²) in [7, 11) is 3.66. The summed E-state index contributed by atoms with van der Waals surface area (Å²) in [5.74, 6) is 1.69. The third-order valence-electron chi connectivity index (χ3n) is 4.48. The maximum Gasteiger partial charge on any atom is 0.191 e. The van der Waals surface area contributed by atoms with Gasteiger partial charge in [0.25, 0.3) is 0 Å². The number of benzene rings is 1. The molecule has 1 atom stereocenters. The number of guanidine groups is 1. The van der Waals surface area contributed by atoms with Gasteiger partial charge in [0, 0.05) is 25.3 Å². The van der Waals surface area contributed by atoms with Crippen LogP contribution in [0.25, 0.3) is 0 Å². The molecular formula is C20H31N5O. The summed E-state index contributed by atoms with van der Waals surface area (Å²) in [5, 5.41) is 11.3. The SMILES string of the molecule is CCNC(=NCc1ccc(OC)cc1)NC(C)Cc1c(C)nn(C)c1C. The van der Waals surface area contributed by atoms with Gasteiger partial charge in [-0.05, 0) is 57.4 Å². The number of methoxy groups -OCH3 is 1. The fourth-order valence-electron chi connectivity index (χ4n) is 2.92. The minimum Gasteiger partial charge on any atom is -0.497 e. The van der Waals surface area contributed by atoms with Crippen LogP contribution in [0.3, 0.4) is 0 Å². The Bertz CT molecular complexity index is 733. The van der Waals surface area contributed by atoms with Crippen molar-refractivity contribution in [1.29, 1.82) is 0 Å². The molecule has 1 aromatic carbocycles. The normalized spacial score (nSPS) is 12.8. The van der Waals surface area contributed by atoms with Crippen molar-refractivity contribution in [3.8, 4) is 5.75 Å². The van der Waals surface area contributed by atoms with Crippen LogP contribution in [0.4, 0.5) is 0 Å². The second-order valence-corrected chi connectivity index (χ2v) is 6.57. The highest BCUT2D eigenvalue weighted by molar-refractivity contribution is 5.80. The zero-order chi connectivity index (χ0) is 19.1. The van der Waals surface area contributed by atoms with Crippen LogP contribution in [0.1, 0.15) is 36.4 Å². The number of ether oxygens (including phenoxy) is 1. The van der Waals surface area contributed by atoms with Crippen molar-refractivity contribution >= 4 is 5.96 Å². The summed E-state index contributed by atoms with van der Waals surface area (Å²) in [4.78, 5) is 4.70. The number of aromatic nitrogens is 2. The van der Waals surface area contributed by atoms with Crippen molar-refractivity contribution in [3.63, 3.8) is 0 Å². The summed E-state index contributed by atoms with van der Waals surface area (Å²) < 4.78 is 7.14. The molecule has 0 bridgehead atoms. The third kappa shape index (κ3) is 5.25. The Morgan fingerprint density at radius 3 is 2.50 bits per heavy atom. The van der Waals surface area contributed by atoms with Gasteiger partial charge in [0.2, 0.25) is 0 Å². The predicted octanol–water partition coefficient (Wildman–Crippen LogP) is 2.73. The van der Waals surface area contributed by atoms with E-state index in [0.29, 0.717) is 6.54 Å². The highest BCUT2D eigenvalue weighted by atomic mass is 16.5. The first-order chi connectivity index (χ1) is 12.4. The van der Waals surface area contributed by atoms with E-state index in [9.17, 15) is 0 Å². The number of aryl methyl sites for hydroxylation is 2. The van der Waals surface area contributed by atoms with Crippen molar-refractivity contribution in [2.75, 3.05) is 13.7 Å². The highest BCUT2D eigenvalue weighted by Gasteiger charge is 2.14. The fourth-order valence-corrected chi connectivity index (χ4v) is 2.92. The van der Waals surface area contributed by atoms with Crippen molar-refractivity contribution in [3.05, 3.63) is 46.8 Å². The Morgan fingerprint density at radius 2 is 1.96 bits per heavy atom. The Labute approximate surface area is 156 Å². The van der Waals surface area contributed by atoms with Crippen molar-refractivity contribution < 1.29 is 4.74 Å². The molecule has 0 amide bonds. The molecule has 1 unspecified atom stereocenters. The molecule has 0 fully saturated rings. The first-order valence-corrected chi connectivity index (χ1v) is 9.11. The van der Waals surface area contributed by atoms with Crippen molar-refractivity contribution in [2.45, 2.75) is 46.7 Å². The Kier molecular flexibility index (Phi) is 7.06. The van der Waals surface area contributed by atoms with Crippen LogP contribution in [0.15, 0.2) is 29.3 Å². The highest BCUT2D eigenvalue weighted by Crippen LogP contribution is 2.14. The smallest absolute Gasteiger partial charge is 0.191 e. The predicted molar refractivity (Wildman–Crippen MR) is 107 cm³/mol. The lowest BCUT2D eigenvalue weighted by Crippen LogP contribution is -2.43. The quantitative estimate of drug-likeness (QED) is 0.591. The van der Waals surface area contributed by atoms with Crippen molar-refractivity contribution in [2.24, 2.45) is 12.0 Å². The Morgan fingerprint density at radius 1 is 1.27 bits per heavy atom. The van der Waals surface area contributed by atoms with Crippen LogP contribution >= 0.6 is 0 Å². The molecule has 1 aromatic heterocycles. The number of nitrogens with zero attached hydrogens (tertiary/aromatic N) is 3. The zero-order valence-electron chi connectivity index (χ0n) is 16.8. The number of hydrogen-bond donors (Lipinski definition) is 2. The van der Waals surface area contributed by atoms with Gasteiger partial charge in [0.15, 0.2) is 5.96 Å². The van der Waals surface area contributed by atoms with Gasteiger partial charge in [-0.3, -0.25) is 4.68 Å². The van der Waals surface area contributed by atoms with E-state index in [4.69, 9.17) is 9.73 Å². The Hall–Kier alpha value is -2.50. The van der Waals surface area contributed by atoms with Crippen LogP contribution < -0.4 is 15.4 Å². The third-order valence-corrected chi connectivity index (χ3v) is 4.48. The molecular weight excluding hydrogens is 326 g/mol.